The van der Waals surface area contributed by atoms with Gasteiger partial charge in [0.2, 0.25) is 0 Å². The number of nitrogens with zero attached hydrogens (tertiary/aromatic N) is 1. The summed E-state index contributed by atoms with van der Waals surface area (Å²) in [5.74, 6) is -0.330. The molecule has 0 bridgehead atoms. The number of carboxylic acid groups (broad SMARTS) is 1. The van der Waals surface area contributed by atoms with Gasteiger partial charge in [-0.3, -0.25) is 4.90 Å². The van der Waals surface area contributed by atoms with E-state index in [1.165, 1.54) is 14.2 Å². The van der Waals surface area contributed by atoms with Gasteiger partial charge in [-0.15, -0.1) is 0 Å². The summed E-state index contributed by atoms with van der Waals surface area (Å²) in [6, 6.07) is 3.56. The van der Waals surface area contributed by atoms with Crippen molar-refractivity contribution in [3.05, 3.63) is 23.3 Å². The summed E-state index contributed by atoms with van der Waals surface area (Å²) in [5, 5.41) is 20.1. The Hall–Kier alpha value is -1.79. The first-order valence-electron chi connectivity index (χ1n) is 8.88. The second-order valence-corrected chi connectivity index (χ2v) is 7.22. The summed E-state index contributed by atoms with van der Waals surface area (Å²) in [6.07, 6.45) is 4.87. The van der Waals surface area contributed by atoms with Crippen molar-refractivity contribution in [3.8, 4) is 11.5 Å². The summed E-state index contributed by atoms with van der Waals surface area (Å²) in [5.41, 5.74) is 0.862. The van der Waals surface area contributed by atoms with Crippen LogP contribution in [0.3, 0.4) is 0 Å². The fourth-order valence-corrected chi connectivity index (χ4v) is 4.56. The highest BCUT2D eigenvalue weighted by Crippen LogP contribution is 2.45. The first-order valence-corrected chi connectivity index (χ1v) is 8.88. The van der Waals surface area contributed by atoms with Gasteiger partial charge in [-0.05, 0) is 43.9 Å². The van der Waals surface area contributed by atoms with Crippen LogP contribution in [-0.2, 0) is 6.54 Å². The van der Waals surface area contributed by atoms with Gasteiger partial charge in [-0.2, -0.15) is 0 Å². The van der Waals surface area contributed by atoms with Gasteiger partial charge < -0.3 is 19.7 Å². The normalized spacial score (nSPS) is 26.8. The Morgan fingerprint density at radius 1 is 1.28 bits per heavy atom. The Labute approximate surface area is 148 Å². The number of likely N-dealkylation sites (tertiary alicyclic amines) is 1. The maximum Gasteiger partial charge on any atom is 0.339 e. The van der Waals surface area contributed by atoms with Gasteiger partial charge in [0, 0.05) is 18.5 Å². The van der Waals surface area contributed by atoms with Gasteiger partial charge in [0.1, 0.15) is 5.56 Å². The molecule has 1 aromatic rings. The van der Waals surface area contributed by atoms with E-state index in [0.717, 1.165) is 50.8 Å². The van der Waals surface area contributed by atoms with Crippen LogP contribution in [0.25, 0.3) is 0 Å². The van der Waals surface area contributed by atoms with Crippen molar-refractivity contribution in [1.29, 1.82) is 0 Å². The molecule has 6 nitrogen and oxygen atoms in total. The maximum absolute atomic E-state index is 11.8. The summed E-state index contributed by atoms with van der Waals surface area (Å²) >= 11 is 0. The standard InChI is InChI=1S/C19H27NO5/c1-24-14-7-6-13(16(18(22)23)17(14)25-2)11-20-10-4-9-19(12-20)8-3-5-15(19)21/h6-7,15,21H,3-5,8-12H2,1-2H3,(H,22,23)/t15-,19+/m1/s1. The lowest BCUT2D eigenvalue weighted by Crippen LogP contribution is -2.46. The van der Waals surface area contributed by atoms with Crippen molar-refractivity contribution < 1.29 is 24.5 Å². The Morgan fingerprint density at radius 3 is 2.64 bits per heavy atom. The van der Waals surface area contributed by atoms with E-state index in [-0.39, 0.29) is 22.8 Å². The zero-order valence-electron chi connectivity index (χ0n) is 15.0. The number of aliphatic hydroxyl groups excluding tert-OH is 1. The van der Waals surface area contributed by atoms with Crippen molar-refractivity contribution in [1.82, 2.24) is 4.90 Å². The first-order chi connectivity index (χ1) is 12.0. The van der Waals surface area contributed by atoms with E-state index in [2.05, 4.69) is 4.90 Å². The second kappa shape index (κ2) is 7.22. The summed E-state index contributed by atoms with van der Waals surface area (Å²) < 4.78 is 10.5. The van der Waals surface area contributed by atoms with Gasteiger partial charge in [0.25, 0.3) is 0 Å². The van der Waals surface area contributed by atoms with Crippen LogP contribution < -0.4 is 9.47 Å². The minimum absolute atomic E-state index is 0.0157. The average molecular weight is 349 g/mol. The van der Waals surface area contributed by atoms with Crippen molar-refractivity contribution >= 4 is 5.97 Å². The van der Waals surface area contributed by atoms with Gasteiger partial charge in [0.15, 0.2) is 11.5 Å². The van der Waals surface area contributed by atoms with E-state index >= 15 is 0 Å². The topological polar surface area (TPSA) is 79.2 Å². The van der Waals surface area contributed by atoms with Crippen LogP contribution in [-0.4, -0.2) is 54.5 Å². The molecule has 0 aromatic heterocycles. The van der Waals surface area contributed by atoms with Crippen LogP contribution in [0.2, 0.25) is 0 Å². The summed E-state index contributed by atoms with van der Waals surface area (Å²) in [4.78, 5) is 14.1. The third-order valence-electron chi connectivity index (χ3n) is 5.79. The number of aliphatic hydroxyl groups is 1. The number of carbonyl (C=O) groups is 1. The van der Waals surface area contributed by atoms with E-state index in [1.54, 1.807) is 12.1 Å². The quantitative estimate of drug-likeness (QED) is 0.850. The predicted molar refractivity (Wildman–Crippen MR) is 93.3 cm³/mol. The largest absolute Gasteiger partial charge is 0.493 e. The zero-order valence-corrected chi connectivity index (χ0v) is 15.0. The highest BCUT2D eigenvalue weighted by atomic mass is 16.5. The van der Waals surface area contributed by atoms with Crippen molar-refractivity contribution in [2.24, 2.45) is 5.41 Å². The van der Waals surface area contributed by atoms with Gasteiger partial charge in [0.05, 0.1) is 20.3 Å². The number of benzene rings is 1. The van der Waals surface area contributed by atoms with Gasteiger partial charge >= 0.3 is 5.97 Å². The molecule has 6 heteroatoms. The van der Waals surface area contributed by atoms with Crippen molar-refractivity contribution in [3.63, 3.8) is 0 Å². The molecule has 1 aliphatic carbocycles. The minimum atomic E-state index is -1.02. The number of aromatic carboxylic acids is 1. The molecular weight excluding hydrogens is 322 g/mol. The Kier molecular flexibility index (Phi) is 5.20. The second-order valence-electron chi connectivity index (χ2n) is 7.22. The lowest BCUT2D eigenvalue weighted by Gasteiger charge is -2.42. The lowest BCUT2D eigenvalue weighted by molar-refractivity contribution is -0.0121. The van der Waals surface area contributed by atoms with Crippen molar-refractivity contribution in [2.75, 3.05) is 27.3 Å². The Balaban J connectivity index is 1.86. The van der Waals surface area contributed by atoms with E-state index in [4.69, 9.17) is 9.47 Å². The number of methoxy groups -OCH3 is 2. The fraction of sp³-hybridized carbons (Fsp3) is 0.632. The molecular formula is C19H27NO5. The Bertz CT molecular complexity index is 647. The third kappa shape index (κ3) is 3.33. The molecule has 1 heterocycles. The molecule has 1 spiro atoms. The molecule has 3 rings (SSSR count). The number of carboxylic acids is 1. The van der Waals surface area contributed by atoms with Crippen LogP contribution >= 0.6 is 0 Å². The highest BCUT2D eigenvalue weighted by molar-refractivity contribution is 5.93. The molecule has 1 aliphatic heterocycles. The van der Waals surface area contributed by atoms with Crippen molar-refractivity contribution in [2.45, 2.75) is 44.8 Å². The molecule has 2 aliphatic rings. The van der Waals surface area contributed by atoms with Crippen LogP contribution in [0.5, 0.6) is 11.5 Å². The summed E-state index contributed by atoms with van der Waals surface area (Å²) in [7, 11) is 2.96. The van der Waals surface area contributed by atoms with Crippen LogP contribution in [0.1, 0.15) is 48.0 Å². The van der Waals surface area contributed by atoms with Crippen LogP contribution in [0, 0.1) is 5.41 Å². The number of hydrogen-bond donors (Lipinski definition) is 2. The molecule has 2 N–H and O–H groups in total. The SMILES string of the molecule is COc1ccc(CN2CCC[C@@]3(CCC[C@H]3O)C2)c(C(=O)O)c1OC. The molecule has 1 saturated carbocycles. The average Bonchev–Trinajstić information content (AvgIpc) is 2.94. The summed E-state index contributed by atoms with van der Waals surface area (Å²) in [6.45, 7) is 2.28. The molecule has 0 amide bonds. The number of rotatable bonds is 5. The van der Waals surface area contributed by atoms with E-state index < -0.39 is 5.97 Å². The van der Waals surface area contributed by atoms with E-state index in [1.807, 2.05) is 0 Å². The van der Waals surface area contributed by atoms with E-state index in [9.17, 15) is 15.0 Å². The minimum Gasteiger partial charge on any atom is -0.493 e. The predicted octanol–water partition coefficient (Wildman–Crippen LogP) is 2.53. The number of ether oxygens (including phenoxy) is 2. The molecule has 0 unspecified atom stereocenters. The molecule has 2 atom stereocenters. The fourth-order valence-electron chi connectivity index (χ4n) is 4.56. The van der Waals surface area contributed by atoms with E-state index in [0.29, 0.717) is 12.3 Å². The molecule has 2 fully saturated rings. The molecule has 138 valence electrons. The molecule has 0 radical (unpaired) electrons. The first kappa shape index (κ1) is 18.0. The smallest absolute Gasteiger partial charge is 0.339 e. The molecule has 25 heavy (non-hydrogen) atoms. The van der Waals surface area contributed by atoms with Crippen LogP contribution in [0.15, 0.2) is 12.1 Å². The maximum atomic E-state index is 11.8. The zero-order chi connectivity index (χ0) is 18.0. The number of piperidine rings is 1. The monoisotopic (exact) mass is 349 g/mol. The van der Waals surface area contributed by atoms with Gasteiger partial charge in [-0.1, -0.05) is 12.5 Å². The highest BCUT2D eigenvalue weighted by Gasteiger charge is 2.44. The lowest BCUT2D eigenvalue weighted by atomic mass is 9.76. The third-order valence-corrected chi connectivity index (χ3v) is 5.79. The molecule has 1 aromatic carbocycles. The number of hydrogen-bond acceptors (Lipinski definition) is 5. The molecule has 1 saturated heterocycles. The Morgan fingerprint density at radius 2 is 2.04 bits per heavy atom. The van der Waals surface area contributed by atoms with Gasteiger partial charge in [-0.25, -0.2) is 4.79 Å². The van der Waals surface area contributed by atoms with Crippen LogP contribution in [0.4, 0.5) is 0 Å².